The lowest BCUT2D eigenvalue weighted by Crippen LogP contribution is -2.56. The van der Waals surface area contributed by atoms with E-state index in [1.165, 1.54) is 10.9 Å². The van der Waals surface area contributed by atoms with Gasteiger partial charge in [0.1, 0.15) is 12.2 Å². The van der Waals surface area contributed by atoms with Crippen molar-refractivity contribution in [3.63, 3.8) is 0 Å². The molecular formula is C19H29N3O6. The van der Waals surface area contributed by atoms with E-state index in [4.69, 9.17) is 9.47 Å². The molecule has 1 amide bonds. The number of nitrogens with zero attached hydrogens (tertiary/aromatic N) is 3. The molecule has 9 nitrogen and oxygen atoms in total. The van der Waals surface area contributed by atoms with Crippen LogP contribution in [0.15, 0.2) is 11.0 Å². The normalized spacial score (nSPS) is 13.8. The molecule has 0 spiro atoms. The molecule has 0 saturated heterocycles. The van der Waals surface area contributed by atoms with Gasteiger partial charge in [-0.25, -0.2) is 4.79 Å². The van der Waals surface area contributed by atoms with Crippen molar-refractivity contribution in [3.8, 4) is 5.75 Å². The Balaban J connectivity index is 2.62. The molecule has 0 aromatic carbocycles. The first-order valence-corrected chi connectivity index (χ1v) is 9.50. The molecular weight excluding hydrogens is 366 g/mol. The molecule has 1 N–H and O–H groups in total. The number of carbonyl (C=O) groups is 2. The molecule has 0 fully saturated rings. The maximum absolute atomic E-state index is 13.1. The minimum Gasteiger partial charge on any atom is -0.487 e. The summed E-state index contributed by atoms with van der Waals surface area (Å²) in [6.07, 6.45) is 2.75. The highest BCUT2D eigenvalue weighted by Gasteiger charge is 2.35. The number of methoxy groups -OCH3 is 1. The number of rotatable bonds is 10. The molecule has 0 saturated carbocycles. The first kappa shape index (κ1) is 21.7. The van der Waals surface area contributed by atoms with Crippen molar-refractivity contribution >= 4 is 11.9 Å². The Morgan fingerprint density at radius 3 is 2.57 bits per heavy atom. The zero-order valence-electron chi connectivity index (χ0n) is 16.9. The predicted molar refractivity (Wildman–Crippen MR) is 104 cm³/mol. The summed E-state index contributed by atoms with van der Waals surface area (Å²) >= 11 is 0. The Morgan fingerprint density at radius 2 is 2.00 bits per heavy atom. The average Bonchev–Trinajstić information content (AvgIpc) is 2.63. The molecule has 1 aliphatic rings. The van der Waals surface area contributed by atoms with Gasteiger partial charge in [-0.2, -0.15) is 0 Å². The van der Waals surface area contributed by atoms with Crippen LogP contribution in [0.25, 0.3) is 0 Å². The Morgan fingerprint density at radius 1 is 1.29 bits per heavy atom. The standard InChI is InChI=1S/C19H29N3O6/c1-5-6-8-28-17-15-18(24)20(7-9-27-4)12-21(10-13(2)3)22(15)11-14(16(17)23)19(25)26/h11,13H,5-10,12H2,1-4H3,(H,25,26). The monoisotopic (exact) mass is 395 g/mol. The highest BCUT2D eigenvalue weighted by molar-refractivity contribution is 5.98. The molecule has 0 atom stereocenters. The number of hydrogen-bond donors (Lipinski definition) is 1. The predicted octanol–water partition coefficient (Wildman–Crippen LogP) is 1.38. The molecule has 0 bridgehead atoms. The van der Waals surface area contributed by atoms with Gasteiger partial charge in [0.05, 0.1) is 13.2 Å². The third-order valence-corrected chi connectivity index (χ3v) is 4.39. The third-order valence-electron chi connectivity index (χ3n) is 4.39. The minimum atomic E-state index is -1.35. The Kier molecular flexibility index (Phi) is 7.45. The molecule has 156 valence electrons. The van der Waals surface area contributed by atoms with Gasteiger partial charge in [0.25, 0.3) is 5.91 Å². The summed E-state index contributed by atoms with van der Waals surface area (Å²) in [5.74, 6) is -1.67. The van der Waals surface area contributed by atoms with Gasteiger partial charge in [0.15, 0.2) is 11.4 Å². The Labute approximate surface area is 164 Å². The summed E-state index contributed by atoms with van der Waals surface area (Å²) in [6.45, 7) is 7.80. The topological polar surface area (TPSA) is 101 Å². The molecule has 1 aromatic heterocycles. The van der Waals surface area contributed by atoms with Crippen molar-refractivity contribution in [1.82, 2.24) is 9.58 Å². The van der Waals surface area contributed by atoms with Gasteiger partial charge in [-0.05, 0) is 12.3 Å². The van der Waals surface area contributed by atoms with E-state index >= 15 is 0 Å². The molecule has 0 unspecified atom stereocenters. The summed E-state index contributed by atoms with van der Waals surface area (Å²) in [7, 11) is 1.55. The van der Waals surface area contributed by atoms with Crippen LogP contribution in [0.3, 0.4) is 0 Å². The van der Waals surface area contributed by atoms with E-state index in [2.05, 4.69) is 0 Å². The van der Waals surface area contributed by atoms with Crippen molar-refractivity contribution in [1.29, 1.82) is 0 Å². The van der Waals surface area contributed by atoms with E-state index in [0.717, 1.165) is 6.42 Å². The number of carbonyl (C=O) groups excluding carboxylic acids is 1. The van der Waals surface area contributed by atoms with Gasteiger partial charge in [-0.15, -0.1) is 0 Å². The summed E-state index contributed by atoms with van der Waals surface area (Å²) in [5, 5.41) is 11.3. The molecule has 2 heterocycles. The fourth-order valence-corrected chi connectivity index (χ4v) is 3.02. The van der Waals surface area contributed by atoms with E-state index in [1.54, 1.807) is 12.0 Å². The number of amides is 1. The van der Waals surface area contributed by atoms with Crippen LogP contribution in [0.5, 0.6) is 5.75 Å². The molecule has 9 heteroatoms. The molecule has 0 radical (unpaired) electrons. The van der Waals surface area contributed by atoms with Gasteiger partial charge >= 0.3 is 5.97 Å². The second-order valence-electron chi connectivity index (χ2n) is 7.19. The third kappa shape index (κ3) is 4.64. The molecule has 1 aromatic rings. The Hall–Kier alpha value is -2.55. The summed E-state index contributed by atoms with van der Waals surface area (Å²) in [4.78, 5) is 39.0. The number of carboxylic acid groups (broad SMARTS) is 1. The van der Waals surface area contributed by atoms with Gasteiger partial charge < -0.3 is 19.5 Å². The van der Waals surface area contributed by atoms with Crippen LogP contribution in [0.1, 0.15) is 54.5 Å². The van der Waals surface area contributed by atoms with E-state index in [9.17, 15) is 19.5 Å². The maximum Gasteiger partial charge on any atom is 0.341 e. The van der Waals surface area contributed by atoms with Crippen LogP contribution in [0, 0.1) is 5.92 Å². The van der Waals surface area contributed by atoms with Gasteiger partial charge in [0.2, 0.25) is 5.43 Å². The number of ether oxygens (including phenoxy) is 2. The number of unbranched alkanes of at least 4 members (excludes halogenated alkanes) is 1. The smallest absolute Gasteiger partial charge is 0.341 e. The molecule has 0 aliphatic carbocycles. The zero-order valence-corrected chi connectivity index (χ0v) is 16.9. The number of carboxylic acids is 1. The summed E-state index contributed by atoms with van der Waals surface area (Å²) < 4.78 is 12.2. The Bertz CT molecular complexity index is 774. The van der Waals surface area contributed by atoms with E-state index < -0.39 is 17.0 Å². The van der Waals surface area contributed by atoms with Crippen LogP contribution in [0.4, 0.5) is 0 Å². The number of fused-ring (bicyclic) bond motifs is 1. The molecule has 1 aliphatic heterocycles. The SMILES string of the molecule is CCCCOc1c2n(cc(C(=O)O)c1=O)N(CC(C)C)CN(CCOC)C2=O. The van der Waals surface area contributed by atoms with Gasteiger partial charge in [-0.1, -0.05) is 27.2 Å². The van der Waals surface area contributed by atoms with Crippen LogP contribution in [0.2, 0.25) is 0 Å². The second kappa shape index (κ2) is 9.59. The van der Waals surface area contributed by atoms with Crippen molar-refractivity contribution in [2.24, 2.45) is 5.92 Å². The summed E-state index contributed by atoms with van der Waals surface area (Å²) in [6, 6.07) is 0. The number of hydrogen-bond acceptors (Lipinski definition) is 6. The first-order valence-electron chi connectivity index (χ1n) is 9.50. The van der Waals surface area contributed by atoms with Crippen LogP contribution < -0.4 is 15.2 Å². The van der Waals surface area contributed by atoms with Gasteiger partial charge in [0, 0.05) is 26.4 Å². The van der Waals surface area contributed by atoms with Crippen LogP contribution >= 0.6 is 0 Å². The average molecular weight is 395 g/mol. The number of aromatic nitrogens is 1. The van der Waals surface area contributed by atoms with E-state index in [-0.39, 0.29) is 36.5 Å². The van der Waals surface area contributed by atoms with Crippen molar-refractivity contribution in [2.45, 2.75) is 33.6 Å². The first-order chi connectivity index (χ1) is 13.3. The van der Waals surface area contributed by atoms with Crippen LogP contribution in [-0.4, -0.2) is 66.6 Å². The molecule has 28 heavy (non-hydrogen) atoms. The van der Waals surface area contributed by atoms with Gasteiger partial charge in [-0.3, -0.25) is 19.3 Å². The fourth-order valence-electron chi connectivity index (χ4n) is 3.02. The largest absolute Gasteiger partial charge is 0.487 e. The fraction of sp³-hybridized carbons (Fsp3) is 0.632. The number of aromatic carboxylic acids is 1. The van der Waals surface area contributed by atoms with Crippen molar-refractivity contribution in [2.75, 3.05) is 45.1 Å². The lowest BCUT2D eigenvalue weighted by Gasteiger charge is -2.40. The number of pyridine rings is 1. The van der Waals surface area contributed by atoms with Crippen molar-refractivity contribution < 1.29 is 24.2 Å². The maximum atomic E-state index is 13.1. The van der Waals surface area contributed by atoms with Crippen molar-refractivity contribution in [3.05, 3.63) is 27.7 Å². The van der Waals surface area contributed by atoms with E-state index in [0.29, 0.717) is 26.1 Å². The molecule has 2 rings (SSSR count). The van der Waals surface area contributed by atoms with E-state index in [1.807, 2.05) is 25.8 Å². The highest BCUT2D eigenvalue weighted by atomic mass is 16.5. The lowest BCUT2D eigenvalue weighted by atomic mass is 10.1. The highest BCUT2D eigenvalue weighted by Crippen LogP contribution is 2.23. The minimum absolute atomic E-state index is 0.0640. The summed E-state index contributed by atoms with van der Waals surface area (Å²) in [5.41, 5.74) is -1.13. The quantitative estimate of drug-likeness (QED) is 0.597. The lowest BCUT2D eigenvalue weighted by molar-refractivity contribution is 0.0610. The second-order valence-corrected chi connectivity index (χ2v) is 7.19. The van der Waals surface area contributed by atoms with Crippen LogP contribution in [-0.2, 0) is 4.74 Å². The zero-order chi connectivity index (χ0) is 20.8.